The van der Waals surface area contributed by atoms with Gasteiger partial charge in [0.1, 0.15) is 5.82 Å². The van der Waals surface area contributed by atoms with Gasteiger partial charge in [0.15, 0.2) is 0 Å². The molecule has 0 radical (unpaired) electrons. The van der Waals surface area contributed by atoms with Crippen LogP contribution in [0.3, 0.4) is 0 Å². The summed E-state index contributed by atoms with van der Waals surface area (Å²) in [7, 11) is 0. The molecule has 0 aliphatic rings. The minimum absolute atomic E-state index is 0.140. The van der Waals surface area contributed by atoms with Crippen LogP contribution in [0, 0.1) is 19.7 Å². The summed E-state index contributed by atoms with van der Waals surface area (Å²) in [6.07, 6.45) is 0. The third-order valence-corrected chi connectivity index (χ3v) is 2.49. The van der Waals surface area contributed by atoms with Crippen LogP contribution >= 0.6 is 0 Å². The molecule has 76 valence electrons. The Labute approximate surface area is 89.4 Å². The second kappa shape index (κ2) is 3.85. The maximum Gasteiger partial charge on any atom is 0.131 e. The van der Waals surface area contributed by atoms with E-state index >= 15 is 0 Å². The van der Waals surface area contributed by atoms with Crippen molar-refractivity contribution in [2.24, 2.45) is 0 Å². The standard InChI is InChI=1S/C14H13F/c1-10-8-11(2)14(13(15)9-10)12-6-4-3-5-7-12/h3-9H,1-2H3. The molecule has 0 heterocycles. The van der Waals surface area contributed by atoms with Crippen LogP contribution in [0.4, 0.5) is 4.39 Å². The van der Waals surface area contributed by atoms with Crippen molar-refractivity contribution in [3.05, 3.63) is 59.4 Å². The molecule has 15 heavy (non-hydrogen) atoms. The zero-order valence-electron chi connectivity index (χ0n) is 8.92. The van der Waals surface area contributed by atoms with Crippen molar-refractivity contribution in [2.45, 2.75) is 13.8 Å². The minimum Gasteiger partial charge on any atom is -0.206 e. The highest BCUT2D eigenvalue weighted by molar-refractivity contribution is 5.68. The first-order valence-electron chi connectivity index (χ1n) is 5.00. The van der Waals surface area contributed by atoms with Crippen molar-refractivity contribution in [3.63, 3.8) is 0 Å². The number of benzene rings is 2. The Bertz CT molecular complexity index is 449. The van der Waals surface area contributed by atoms with Crippen LogP contribution in [0.25, 0.3) is 11.1 Å². The Kier molecular flexibility index (Phi) is 2.55. The summed E-state index contributed by atoms with van der Waals surface area (Å²) in [6, 6.07) is 13.2. The van der Waals surface area contributed by atoms with E-state index in [0.717, 1.165) is 16.7 Å². The van der Waals surface area contributed by atoms with Gasteiger partial charge in [-0.15, -0.1) is 0 Å². The molecular weight excluding hydrogens is 187 g/mol. The topological polar surface area (TPSA) is 0 Å². The molecule has 2 rings (SSSR count). The van der Waals surface area contributed by atoms with Gasteiger partial charge in [0.2, 0.25) is 0 Å². The van der Waals surface area contributed by atoms with Crippen LogP contribution in [-0.2, 0) is 0 Å². The van der Waals surface area contributed by atoms with Crippen molar-refractivity contribution in [2.75, 3.05) is 0 Å². The van der Waals surface area contributed by atoms with E-state index in [0.29, 0.717) is 5.56 Å². The lowest BCUT2D eigenvalue weighted by Gasteiger charge is -2.08. The van der Waals surface area contributed by atoms with Crippen molar-refractivity contribution < 1.29 is 4.39 Å². The molecule has 1 heteroatoms. The molecule has 0 aromatic heterocycles. The van der Waals surface area contributed by atoms with E-state index in [2.05, 4.69) is 0 Å². The van der Waals surface area contributed by atoms with Crippen molar-refractivity contribution in [3.8, 4) is 11.1 Å². The third kappa shape index (κ3) is 1.91. The second-order valence-electron chi connectivity index (χ2n) is 3.80. The lowest BCUT2D eigenvalue weighted by molar-refractivity contribution is 0.629. The van der Waals surface area contributed by atoms with Crippen molar-refractivity contribution >= 4 is 0 Å². The maximum atomic E-state index is 13.8. The molecule has 0 saturated carbocycles. The average Bonchev–Trinajstić information content (AvgIpc) is 2.17. The van der Waals surface area contributed by atoms with Gasteiger partial charge in [-0.05, 0) is 36.6 Å². The van der Waals surface area contributed by atoms with Gasteiger partial charge in [0.25, 0.3) is 0 Å². The van der Waals surface area contributed by atoms with E-state index in [1.54, 1.807) is 6.07 Å². The van der Waals surface area contributed by atoms with E-state index in [4.69, 9.17) is 0 Å². The number of halogens is 1. The Morgan fingerprint density at radius 2 is 1.60 bits per heavy atom. The fourth-order valence-corrected chi connectivity index (χ4v) is 1.89. The molecule has 2 aromatic carbocycles. The first-order chi connectivity index (χ1) is 7.18. The van der Waals surface area contributed by atoms with E-state index in [9.17, 15) is 4.39 Å². The summed E-state index contributed by atoms with van der Waals surface area (Å²) < 4.78 is 13.8. The fraction of sp³-hybridized carbons (Fsp3) is 0.143. The molecule has 0 unspecified atom stereocenters. The summed E-state index contributed by atoms with van der Waals surface area (Å²) >= 11 is 0. The number of rotatable bonds is 1. The Morgan fingerprint density at radius 1 is 0.933 bits per heavy atom. The Balaban J connectivity index is 2.64. The molecule has 0 amide bonds. The normalized spacial score (nSPS) is 10.3. The Hall–Kier alpha value is -1.63. The number of aryl methyl sites for hydroxylation is 2. The van der Waals surface area contributed by atoms with Gasteiger partial charge in [-0.2, -0.15) is 0 Å². The lowest BCUT2D eigenvalue weighted by atomic mass is 9.98. The molecule has 0 spiro atoms. The quantitative estimate of drug-likeness (QED) is 0.649. The molecule has 2 aromatic rings. The predicted molar refractivity (Wildman–Crippen MR) is 61.3 cm³/mol. The fourth-order valence-electron chi connectivity index (χ4n) is 1.89. The van der Waals surface area contributed by atoms with Gasteiger partial charge in [0, 0.05) is 5.56 Å². The van der Waals surface area contributed by atoms with E-state index in [1.165, 1.54) is 0 Å². The van der Waals surface area contributed by atoms with Crippen LogP contribution in [0.15, 0.2) is 42.5 Å². The summed E-state index contributed by atoms with van der Waals surface area (Å²) in [6.45, 7) is 3.85. The van der Waals surface area contributed by atoms with Gasteiger partial charge in [-0.1, -0.05) is 36.4 Å². The number of hydrogen-bond acceptors (Lipinski definition) is 0. The minimum atomic E-state index is -0.140. The summed E-state index contributed by atoms with van der Waals surface area (Å²) in [5.41, 5.74) is 3.59. The third-order valence-electron chi connectivity index (χ3n) is 2.49. The van der Waals surface area contributed by atoms with Gasteiger partial charge < -0.3 is 0 Å². The molecule has 0 N–H and O–H groups in total. The summed E-state index contributed by atoms with van der Waals surface area (Å²) in [5.74, 6) is -0.140. The number of hydrogen-bond donors (Lipinski definition) is 0. The van der Waals surface area contributed by atoms with E-state index in [-0.39, 0.29) is 5.82 Å². The van der Waals surface area contributed by atoms with E-state index in [1.807, 2.05) is 50.2 Å². The van der Waals surface area contributed by atoms with Crippen molar-refractivity contribution in [1.82, 2.24) is 0 Å². The smallest absolute Gasteiger partial charge is 0.131 e. The molecule has 0 aliphatic heterocycles. The second-order valence-corrected chi connectivity index (χ2v) is 3.80. The van der Waals surface area contributed by atoms with Crippen LogP contribution in [0.5, 0.6) is 0 Å². The average molecular weight is 200 g/mol. The zero-order valence-corrected chi connectivity index (χ0v) is 8.92. The lowest BCUT2D eigenvalue weighted by Crippen LogP contribution is -1.90. The molecule has 0 nitrogen and oxygen atoms in total. The first-order valence-corrected chi connectivity index (χ1v) is 5.00. The highest BCUT2D eigenvalue weighted by Gasteiger charge is 2.08. The predicted octanol–water partition coefficient (Wildman–Crippen LogP) is 4.11. The van der Waals surface area contributed by atoms with Crippen molar-refractivity contribution in [1.29, 1.82) is 0 Å². The van der Waals surface area contributed by atoms with Gasteiger partial charge >= 0.3 is 0 Å². The van der Waals surface area contributed by atoms with Crippen LogP contribution in [0.1, 0.15) is 11.1 Å². The SMILES string of the molecule is Cc1cc(C)c(-c2ccccc2)c(F)c1. The van der Waals surface area contributed by atoms with Crippen LogP contribution < -0.4 is 0 Å². The van der Waals surface area contributed by atoms with E-state index < -0.39 is 0 Å². The molecular formula is C14H13F. The largest absolute Gasteiger partial charge is 0.206 e. The van der Waals surface area contributed by atoms with Gasteiger partial charge in [0.05, 0.1) is 0 Å². The van der Waals surface area contributed by atoms with Gasteiger partial charge in [-0.3, -0.25) is 0 Å². The van der Waals surface area contributed by atoms with Gasteiger partial charge in [-0.25, -0.2) is 4.39 Å². The summed E-state index contributed by atoms with van der Waals surface area (Å²) in [4.78, 5) is 0. The van der Waals surface area contributed by atoms with Crippen LogP contribution in [0.2, 0.25) is 0 Å². The molecule has 0 bridgehead atoms. The highest BCUT2D eigenvalue weighted by Crippen LogP contribution is 2.27. The monoisotopic (exact) mass is 200 g/mol. The zero-order chi connectivity index (χ0) is 10.8. The molecule has 0 fully saturated rings. The molecule has 0 aliphatic carbocycles. The maximum absolute atomic E-state index is 13.8. The first kappa shape index (κ1) is 9.91. The molecule has 0 atom stereocenters. The molecule has 0 saturated heterocycles. The summed E-state index contributed by atoms with van der Waals surface area (Å²) in [5, 5.41) is 0. The highest BCUT2D eigenvalue weighted by atomic mass is 19.1. The Morgan fingerprint density at radius 3 is 2.20 bits per heavy atom. The van der Waals surface area contributed by atoms with Crippen LogP contribution in [-0.4, -0.2) is 0 Å².